The molecule has 1 saturated heterocycles. The summed E-state index contributed by atoms with van der Waals surface area (Å²) < 4.78 is 5.51. The number of carbonyl (C=O) groups excluding carboxylic acids is 1. The number of methoxy groups -OCH3 is 1. The molecule has 1 aliphatic carbocycles. The Hall–Kier alpha value is -3.61. The Morgan fingerprint density at radius 3 is 2.47 bits per heavy atom. The van der Waals surface area contributed by atoms with E-state index in [0.29, 0.717) is 24.4 Å². The van der Waals surface area contributed by atoms with E-state index in [1.54, 1.807) is 25.4 Å². The van der Waals surface area contributed by atoms with Crippen molar-refractivity contribution in [2.45, 2.75) is 18.8 Å². The molecule has 164 valence electrons. The molecule has 0 amide bonds. The summed E-state index contributed by atoms with van der Waals surface area (Å²) >= 11 is 0. The number of aromatic hydroxyl groups is 1. The minimum Gasteiger partial charge on any atom is -0.508 e. The minimum absolute atomic E-state index is 0.0343. The smallest absolute Gasteiger partial charge is 0.225 e. The van der Waals surface area contributed by atoms with E-state index in [1.807, 2.05) is 30.3 Å². The van der Waals surface area contributed by atoms with E-state index >= 15 is 0 Å². The zero-order chi connectivity index (χ0) is 22.1. The van der Waals surface area contributed by atoms with E-state index in [0.717, 1.165) is 48.9 Å². The van der Waals surface area contributed by atoms with Crippen LogP contribution in [0.3, 0.4) is 0 Å². The van der Waals surface area contributed by atoms with Gasteiger partial charge in [0.2, 0.25) is 5.95 Å². The number of phenolic OH excluding ortho intramolecular Hbond substituents is 1. The van der Waals surface area contributed by atoms with Crippen LogP contribution in [-0.4, -0.2) is 54.1 Å². The van der Waals surface area contributed by atoms with Gasteiger partial charge in [-0.3, -0.25) is 4.79 Å². The minimum atomic E-state index is -0.0682. The molecule has 3 aromatic rings. The molecule has 7 nitrogen and oxygen atoms in total. The number of piperazine rings is 1. The lowest BCUT2D eigenvalue weighted by Gasteiger charge is -2.37. The number of hydrogen-bond acceptors (Lipinski definition) is 7. The fraction of sp³-hybridized carbons (Fsp3) is 0.320. The first-order valence-electron chi connectivity index (χ1n) is 10.9. The highest BCUT2D eigenvalue weighted by atomic mass is 16.5. The van der Waals surface area contributed by atoms with Crippen LogP contribution in [0.1, 0.15) is 34.0 Å². The summed E-state index contributed by atoms with van der Waals surface area (Å²) in [5.41, 5.74) is 3.27. The third-order valence-corrected chi connectivity index (χ3v) is 6.39. The fourth-order valence-electron chi connectivity index (χ4n) is 4.68. The molecule has 32 heavy (non-hydrogen) atoms. The summed E-state index contributed by atoms with van der Waals surface area (Å²) in [6.45, 7) is 3.24. The van der Waals surface area contributed by atoms with Crippen molar-refractivity contribution in [3.8, 4) is 11.5 Å². The Morgan fingerprint density at radius 1 is 0.969 bits per heavy atom. The lowest BCUT2D eigenvalue weighted by molar-refractivity contribution is 0.0962. The highest BCUT2D eigenvalue weighted by molar-refractivity contribution is 5.98. The van der Waals surface area contributed by atoms with E-state index < -0.39 is 0 Å². The number of Topliss-reactive ketones (excluding diaryl/α,β-unsaturated/α-hetero) is 1. The van der Waals surface area contributed by atoms with Gasteiger partial charge in [0.15, 0.2) is 5.78 Å². The fourth-order valence-corrected chi connectivity index (χ4v) is 4.68. The molecule has 0 bridgehead atoms. The van der Waals surface area contributed by atoms with Gasteiger partial charge in [-0.25, -0.2) is 9.97 Å². The van der Waals surface area contributed by atoms with Crippen LogP contribution in [-0.2, 0) is 6.42 Å². The molecule has 2 aliphatic rings. The Kier molecular flexibility index (Phi) is 5.39. The molecule has 1 unspecified atom stereocenters. The van der Waals surface area contributed by atoms with Gasteiger partial charge in [0.1, 0.15) is 11.5 Å². The summed E-state index contributed by atoms with van der Waals surface area (Å²) in [6.07, 6.45) is 2.66. The summed E-state index contributed by atoms with van der Waals surface area (Å²) in [6, 6.07) is 15.3. The van der Waals surface area contributed by atoms with Crippen LogP contribution < -0.4 is 14.5 Å². The summed E-state index contributed by atoms with van der Waals surface area (Å²) in [5, 5.41) is 10.2. The molecule has 0 radical (unpaired) electrons. The Labute approximate surface area is 187 Å². The first kappa shape index (κ1) is 20.3. The van der Waals surface area contributed by atoms with Crippen molar-refractivity contribution in [2.24, 2.45) is 0 Å². The third kappa shape index (κ3) is 3.75. The number of fused-ring (bicyclic) bond motifs is 1. The molecular weight excluding hydrogens is 404 g/mol. The SMILES string of the molecule is COc1ccccc1N1CCN(c2ncc3c(n2)CC(c2ccccc2O)CC3=O)CC1. The van der Waals surface area contributed by atoms with Gasteiger partial charge in [0, 0.05) is 44.7 Å². The van der Waals surface area contributed by atoms with Gasteiger partial charge in [0.25, 0.3) is 0 Å². The van der Waals surface area contributed by atoms with Gasteiger partial charge in [-0.15, -0.1) is 0 Å². The lowest BCUT2D eigenvalue weighted by Crippen LogP contribution is -2.47. The zero-order valence-corrected chi connectivity index (χ0v) is 18.1. The standard InChI is InChI=1S/C25H26N4O3/c1-32-24-9-5-3-7-21(24)28-10-12-29(13-11-28)25-26-16-19-20(27-25)14-17(15-23(19)31)18-6-2-4-8-22(18)30/h2-9,16-17,30H,10-15H2,1H3. The van der Waals surface area contributed by atoms with Crippen LogP contribution in [0, 0.1) is 0 Å². The van der Waals surface area contributed by atoms with Gasteiger partial charge in [-0.1, -0.05) is 30.3 Å². The molecule has 2 heterocycles. The molecule has 1 N–H and O–H groups in total. The molecule has 1 aliphatic heterocycles. The summed E-state index contributed by atoms with van der Waals surface area (Å²) in [7, 11) is 1.69. The van der Waals surface area contributed by atoms with Gasteiger partial charge in [0.05, 0.1) is 24.1 Å². The Balaban J connectivity index is 1.33. The predicted molar refractivity (Wildman–Crippen MR) is 123 cm³/mol. The van der Waals surface area contributed by atoms with Crippen molar-refractivity contribution in [3.63, 3.8) is 0 Å². The number of para-hydroxylation sites is 3. The molecule has 1 atom stereocenters. The first-order chi connectivity index (χ1) is 15.6. The average Bonchev–Trinajstić information content (AvgIpc) is 2.84. The van der Waals surface area contributed by atoms with Crippen molar-refractivity contribution in [2.75, 3.05) is 43.1 Å². The monoisotopic (exact) mass is 430 g/mol. The topological polar surface area (TPSA) is 78.8 Å². The molecule has 7 heteroatoms. The molecule has 0 spiro atoms. The van der Waals surface area contributed by atoms with Crippen LogP contribution >= 0.6 is 0 Å². The van der Waals surface area contributed by atoms with E-state index in [9.17, 15) is 9.90 Å². The van der Waals surface area contributed by atoms with E-state index in [-0.39, 0.29) is 17.5 Å². The van der Waals surface area contributed by atoms with Crippen molar-refractivity contribution < 1.29 is 14.6 Å². The number of phenols is 1. The maximum absolute atomic E-state index is 12.7. The number of ketones is 1. The number of anilines is 2. The highest BCUT2D eigenvalue weighted by Crippen LogP contribution is 2.36. The molecule has 5 rings (SSSR count). The van der Waals surface area contributed by atoms with Crippen LogP contribution in [0.4, 0.5) is 11.6 Å². The molecule has 1 aromatic heterocycles. The third-order valence-electron chi connectivity index (χ3n) is 6.39. The Morgan fingerprint density at radius 2 is 1.69 bits per heavy atom. The summed E-state index contributed by atoms with van der Waals surface area (Å²) in [4.78, 5) is 26.5. The molecular formula is C25H26N4O3. The second-order valence-electron chi connectivity index (χ2n) is 8.26. The second-order valence-corrected chi connectivity index (χ2v) is 8.26. The van der Waals surface area contributed by atoms with Crippen LogP contribution in [0.25, 0.3) is 0 Å². The van der Waals surface area contributed by atoms with Crippen molar-refractivity contribution in [1.29, 1.82) is 0 Å². The normalized spacial score (nSPS) is 18.4. The molecule has 2 aromatic carbocycles. The number of hydrogen-bond donors (Lipinski definition) is 1. The second kappa shape index (κ2) is 8.49. The zero-order valence-electron chi connectivity index (χ0n) is 18.1. The molecule has 0 saturated carbocycles. The number of aromatic nitrogens is 2. The van der Waals surface area contributed by atoms with E-state index in [1.165, 1.54) is 0 Å². The number of benzene rings is 2. The molecule has 1 fully saturated rings. The number of carbonyl (C=O) groups is 1. The van der Waals surface area contributed by atoms with Crippen molar-refractivity contribution >= 4 is 17.4 Å². The largest absolute Gasteiger partial charge is 0.508 e. The van der Waals surface area contributed by atoms with Crippen molar-refractivity contribution in [1.82, 2.24) is 9.97 Å². The predicted octanol–water partition coefficient (Wildman–Crippen LogP) is 3.43. The van der Waals surface area contributed by atoms with E-state index in [2.05, 4.69) is 20.9 Å². The van der Waals surface area contributed by atoms with Gasteiger partial charge >= 0.3 is 0 Å². The van der Waals surface area contributed by atoms with Gasteiger partial charge in [-0.2, -0.15) is 0 Å². The summed E-state index contributed by atoms with van der Waals surface area (Å²) in [5.74, 6) is 1.73. The van der Waals surface area contributed by atoms with Gasteiger partial charge in [-0.05, 0) is 30.2 Å². The van der Waals surface area contributed by atoms with Crippen molar-refractivity contribution in [3.05, 3.63) is 71.5 Å². The van der Waals surface area contributed by atoms with Crippen LogP contribution in [0.5, 0.6) is 11.5 Å². The maximum atomic E-state index is 12.7. The van der Waals surface area contributed by atoms with Gasteiger partial charge < -0.3 is 19.6 Å². The number of nitrogens with zero attached hydrogens (tertiary/aromatic N) is 4. The lowest BCUT2D eigenvalue weighted by atomic mass is 9.82. The van der Waals surface area contributed by atoms with Crippen LogP contribution in [0.15, 0.2) is 54.7 Å². The number of ether oxygens (including phenoxy) is 1. The van der Waals surface area contributed by atoms with E-state index in [4.69, 9.17) is 9.72 Å². The number of rotatable bonds is 4. The maximum Gasteiger partial charge on any atom is 0.225 e. The quantitative estimate of drug-likeness (QED) is 0.679. The van der Waals surface area contributed by atoms with Crippen LogP contribution in [0.2, 0.25) is 0 Å². The first-order valence-corrected chi connectivity index (χ1v) is 10.9. The Bertz CT molecular complexity index is 1140. The average molecular weight is 431 g/mol. The highest BCUT2D eigenvalue weighted by Gasteiger charge is 2.30.